The van der Waals surface area contributed by atoms with Crippen molar-refractivity contribution in [3.05, 3.63) is 198 Å². The summed E-state index contributed by atoms with van der Waals surface area (Å²) in [4.78, 5) is 5.07. The fourth-order valence-corrected chi connectivity index (χ4v) is 8.08. The van der Waals surface area contributed by atoms with Crippen LogP contribution in [0.2, 0.25) is 0 Å². The minimum absolute atomic E-state index is 0.0562. The highest BCUT2D eigenvalue weighted by atomic mass is 15.1. The van der Waals surface area contributed by atoms with Crippen LogP contribution in [0.5, 0.6) is 0 Å². The van der Waals surface area contributed by atoms with Crippen LogP contribution in [0.3, 0.4) is 0 Å². The van der Waals surface area contributed by atoms with Gasteiger partial charge in [0.1, 0.15) is 0 Å². The fourth-order valence-electron chi connectivity index (χ4n) is 8.08. The Bertz CT molecular complexity index is 2800. The highest BCUT2D eigenvalue weighted by Crippen LogP contribution is 2.50. The zero-order valence-corrected chi connectivity index (χ0v) is 29.0. The zero-order chi connectivity index (χ0) is 34.8. The number of rotatable bonds is 5. The Morgan fingerprint density at radius 3 is 1.98 bits per heavy atom. The van der Waals surface area contributed by atoms with Crippen molar-refractivity contribution in [2.45, 2.75) is 19.3 Å². The number of hydrogen-bond acceptors (Lipinski definition) is 2. The molecule has 0 unspecified atom stereocenters. The number of aliphatic imine (C=N–C) groups is 1. The molecule has 0 bridgehead atoms. The van der Waals surface area contributed by atoms with Gasteiger partial charge >= 0.3 is 11.7 Å². The quantitative estimate of drug-likeness (QED) is 0.183. The highest BCUT2D eigenvalue weighted by molar-refractivity contribution is 6.23. The minimum Gasteiger partial charge on any atom is -0.309 e. The molecule has 10 rings (SSSR count). The van der Waals surface area contributed by atoms with Crippen molar-refractivity contribution in [1.29, 1.82) is 0 Å². The van der Waals surface area contributed by atoms with Crippen molar-refractivity contribution in [2.75, 3.05) is 0 Å². The summed E-state index contributed by atoms with van der Waals surface area (Å²) in [5.41, 5.74) is 14.1. The summed E-state index contributed by atoms with van der Waals surface area (Å²) in [6.07, 6.45) is 0. The number of aromatic nitrogens is 1. The van der Waals surface area contributed by atoms with E-state index in [4.69, 9.17) is 9.66 Å². The molecule has 52 heavy (non-hydrogen) atoms. The lowest BCUT2D eigenvalue weighted by Crippen LogP contribution is -2.38. The second kappa shape index (κ2) is 11.7. The van der Waals surface area contributed by atoms with E-state index >= 15 is 0 Å². The van der Waals surface area contributed by atoms with Gasteiger partial charge < -0.3 is 4.57 Å². The molecule has 7 aromatic carbocycles. The Morgan fingerprint density at radius 2 is 1.17 bits per heavy atom. The lowest BCUT2D eigenvalue weighted by atomic mass is 9.82. The van der Waals surface area contributed by atoms with E-state index in [1.54, 1.807) is 0 Å². The van der Waals surface area contributed by atoms with Gasteiger partial charge in [0.15, 0.2) is 0 Å². The second-order valence-corrected chi connectivity index (χ2v) is 14.2. The first-order chi connectivity index (χ1) is 25.5. The molecule has 0 atom stereocenters. The van der Waals surface area contributed by atoms with Crippen LogP contribution in [0, 0.1) is 0 Å². The predicted octanol–water partition coefficient (Wildman–Crippen LogP) is 10.1. The van der Waals surface area contributed by atoms with Crippen LogP contribution in [0.25, 0.3) is 49.7 Å². The summed E-state index contributed by atoms with van der Waals surface area (Å²) in [7, 11) is 0. The van der Waals surface area contributed by atoms with Crippen molar-refractivity contribution in [3.8, 4) is 27.9 Å². The first-order valence-corrected chi connectivity index (χ1v) is 17.8. The van der Waals surface area contributed by atoms with E-state index in [1.165, 1.54) is 49.6 Å². The van der Waals surface area contributed by atoms with Gasteiger partial charge in [-0.25, -0.2) is 9.98 Å². The van der Waals surface area contributed by atoms with Crippen LogP contribution in [0.15, 0.2) is 175 Å². The normalized spacial score (nSPS) is 14.3. The number of para-hydroxylation sites is 1. The summed E-state index contributed by atoms with van der Waals surface area (Å²) in [6.45, 7) is 4.69. The molecule has 1 aromatic heterocycles. The Labute approximate surface area is 302 Å². The minimum atomic E-state index is -0.0562. The third-order valence-corrected chi connectivity index (χ3v) is 10.7. The van der Waals surface area contributed by atoms with Crippen molar-refractivity contribution >= 4 is 39.3 Å². The smallest absolute Gasteiger partial charge is 0.309 e. The maximum Gasteiger partial charge on any atom is 0.360 e. The van der Waals surface area contributed by atoms with Crippen molar-refractivity contribution in [3.63, 3.8) is 0 Å². The average molecular weight is 668 g/mol. The molecule has 0 radical (unpaired) electrons. The maximum atomic E-state index is 5.07. The summed E-state index contributed by atoms with van der Waals surface area (Å²) < 4.78 is 7.45. The SMILES string of the molecule is CC1(C)c2ccccc2-c2cc3c(cc21)c1ccccc1n3-c1ccc(C2=NC(c3ccccc3)=[N+]=C(c3cccc(-c4ccccc4)c3)N2)cc1. The Morgan fingerprint density at radius 1 is 0.500 bits per heavy atom. The molecule has 1 aliphatic heterocycles. The van der Waals surface area contributed by atoms with Crippen LogP contribution < -0.4 is 9.98 Å². The molecule has 0 fully saturated rings. The van der Waals surface area contributed by atoms with Gasteiger partial charge in [-0.15, -0.1) is 0 Å². The topological polar surface area (TPSA) is 43.4 Å². The molecule has 4 heteroatoms. The van der Waals surface area contributed by atoms with Gasteiger partial charge in [0.2, 0.25) is 0 Å². The van der Waals surface area contributed by atoms with Gasteiger partial charge in [-0.3, -0.25) is 0 Å². The first kappa shape index (κ1) is 30.1. The third-order valence-electron chi connectivity index (χ3n) is 10.7. The zero-order valence-electron chi connectivity index (χ0n) is 29.0. The second-order valence-electron chi connectivity index (χ2n) is 14.2. The monoisotopic (exact) mass is 667 g/mol. The molecule has 0 saturated carbocycles. The maximum absolute atomic E-state index is 5.07. The lowest BCUT2D eigenvalue weighted by molar-refractivity contribution is 0.661. The molecule has 4 nitrogen and oxygen atoms in total. The van der Waals surface area contributed by atoms with Crippen LogP contribution in [0.1, 0.15) is 41.7 Å². The average Bonchev–Trinajstić information content (AvgIpc) is 3.65. The summed E-state index contributed by atoms with van der Waals surface area (Å²) >= 11 is 0. The van der Waals surface area contributed by atoms with Crippen LogP contribution in [-0.4, -0.2) is 22.1 Å². The van der Waals surface area contributed by atoms with Gasteiger partial charge in [0.05, 0.1) is 27.7 Å². The summed E-state index contributed by atoms with van der Waals surface area (Å²) in [6, 6.07) is 60.4. The highest BCUT2D eigenvalue weighted by Gasteiger charge is 2.36. The molecule has 0 saturated heterocycles. The number of amidine groups is 3. The fraction of sp³-hybridized carbons (Fsp3) is 0.0625. The number of hydrogen-bond donors (Lipinski definition) is 1. The summed E-state index contributed by atoms with van der Waals surface area (Å²) in [5, 5.41) is 6.13. The third kappa shape index (κ3) is 4.77. The van der Waals surface area contributed by atoms with E-state index in [-0.39, 0.29) is 5.41 Å². The Kier molecular flexibility index (Phi) is 6.76. The molecule has 8 aromatic rings. The molecule has 0 amide bonds. The number of nitrogens with one attached hydrogen (secondary N) is 1. The number of fused-ring (bicyclic) bond motifs is 6. The number of benzene rings is 7. The molecule has 1 N–H and O–H groups in total. The number of nitrogens with zero attached hydrogens (tertiary/aromatic N) is 3. The molecule has 2 heterocycles. The van der Waals surface area contributed by atoms with E-state index in [0.717, 1.165) is 39.6 Å². The molecular weight excluding hydrogens is 633 g/mol. The molecule has 2 aliphatic rings. The summed E-state index contributed by atoms with van der Waals surface area (Å²) in [5.74, 6) is 2.21. The van der Waals surface area contributed by atoms with Gasteiger partial charge in [-0.05, 0) is 100 Å². The Hall–Kier alpha value is -6.74. The van der Waals surface area contributed by atoms with E-state index < -0.39 is 0 Å². The van der Waals surface area contributed by atoms with E-state index in [1.807, 2.05) is 24.3 Å². The van der Waals surface area contributed by atoms with Crippen molar-refractivity contribution in [2.24, 2.45) is 4.99 Å². The predicted molar refractivity (Wildman–Crippen MR) is 217 cm³/mol. The van der Waals surface area contributed by atoms with Crippen LogP contribution in [-0.2, 0) is 5.41 Å². The van der Waals surface area contributed by atoms with Crippen LogP contribution in [0.4, 0.5) is 0 Å². The van der Waals surface area contributed by atoms with Gasteiger partial charge in [0.25, 0.3) is 5.84 Å². The van der Waals surface area contributed by atoms with Gasteiger partial charge in [-0.2, -0.15) is 0 Å². The largest absolute Gasteiger partial charge is 0.360 e. The molecule has 0 spiro atoms. The van der Waals surface area contributed by atoms with Crippen LogP contribution >= 0.6 is 0 Å². The lowest BCUT2D eigenvalue weighted by Gasteiger charge is -2.21. The van der Waals surface area contributed by atoms with Crippen molar-refractivity contribution < 1.29 is 0 Å². The van der Waals surface area contributed by atoms with E-state index in [9.17, 15) is 0 Å². The molecular formula is C48H35N4+. The van der Waals surface area contributed by atoms with E-state index in [2.05, 4.69) is 169 Å². The van der Waals surface area contributed by atoms with E-state index in [0.29, 0.717) is 5.84 Å². The van der Waals surface area contributed by atoms with Gasteiger partial charge in [-0.1, -0.05) is 122 Å². The van der Waals surface area contributed by atoms with Crippen molar-refractivity contribution in [1.82, 2.24) is 14.6 Å². The first-order valence-electron chi connectivity index (χ1n) is 17.8. The Balaban J connectivity index is 1.07. The molecule has 1 aliphatic carbocycles. The molecule has 246 valence electrons. The van der Waals surface area contributed by atoms with Gasteiger partial charge in [0, 0.05) is 21.9 Å². The standard InChI is InChI=1S/C48H34N4/c1-48(2)41-22-11-9-20-37(41)39-30-44-40(29-42(39)48)38-21-10-12-23-43(38)52(44)36-26-24-33(25-27-36)46-49-45(32-16-7-4-8-17-32)50-47(51-46)35-19-13-18-34(28-35)31-14-5-3-6-15-31/h3-30H,1-2H3/p+1.